The summed E-state index contributed by atoms with van der Waals surface area (Å²) < 4.78 is 12.7. The van der Waals surface area contributed by atoms with E-state index in [2.05, 4.69) is 0 Å². The Bertz CT molecular complexity index is 761. The topological polar surface area (TPSA) is 51.2 Å². The molecule has 139 valence electrons. The molecule has 0 N–H and O–H groups in total. The van der Waals surface area contributed by atoms with E-state index in [1.165, 1.54) is 0 Å². The Morgan fingerprint density at radius 1 is 0.615 bits per heavy atom. The van der Waals surface area contributed by atoms with Gasteiger partial charge in [-0.05, 0) is 63.8 Å². The fraction of sp³-hybridized carbons (Fsp3) is 0.364. The van der Waals surface area contributed by atoms with Gasteiger partial charge in [0.2, 0.25) is 18.8 Å². The lowest BCUT2D eigenvalue weighted by Gasteiger charge is -2.12. The Hall–Kier alpha value is -2.12. The number of carbonyl (C=O) groups excluding carboxylic acids is 2. The maximum absolute atomic E-state index is 12.7. The molecule has 0 saturated carbocycles. The number of benzene rings is 2. The first-order valence-electron chi connectivity index (χ1n) is 8.85. The summed E-state index contributed by atoms with van der Waals surface area (Å²) in [4.78, 5) is 25.4. The second-order valence-corrected chi connectivity index (χ2v) is 7.85. The van der Waals surface area contributed by atoms with Crippen LogP contribution in [0.15, 0.2) is 24.3 Å². The lowest BCUT2D eigenvalue weighted by Crippen LogP contribution is -2.08. The second kappa shape index (κ2) is 9.00. The van der Waals surface area contributed by atoms with Crippen molar-refractivity contribution in [2.24, 2.45) is 0 Å². The lowest BCUT2D eigenvalue weighted by atomic mass is 10.0. The van der Waals surface area contributed by atoms with Gasteiger partial charge < -0.3 is 0 Å². The Balaban J connectivity index is 0.00000163. The summed E-state index contributed by atoms with van der Waals surface area (Å²) in [5.41, 5.74) is 4.74. The number of hydrogen-bond acceptors (Lipinski definition) is 3. The molecule has 0 unspecified atom stereocenters. The molecular formula is C22H28O3P. The zero-order chi connectivity index (χ0) is 20.2. The van der Waals surface area contributed by atoms with E-state index in [-0.39, 0.29) is 0 Å². The van der Waals surface area contributed by atoms with Crippen molar-refractivity contribution in [3.63, 3.8) is 0 Å². The zero-order valence-corrected chi connectivity index (χ0v) is 17.9. The molecule has 0 saturated heterocycles. The first kappa shape index (κ1) is 21.9. The van der Waals surface area contributed by atoms with E-state index in [0.717, 1.165) is 33.4 Å². The molecule has 0 aliphatic heterocycles. The lowest BCUT2D eigenvalue weighted by molar-refractivity contribution is 0.104. The van der Waals surface area contributed by atoms with Crippen molar-refractivity contribution < 1.29 is 14.2 Å². The van der Waals surface area contributed by atoms with Gasteiger partial charge in [0.25, 0.3) is 0 Å². The van der Waals surface area contributed by atoms with Crippen LogP contribution in [0.3, 0.4) is 0 Å². The van der Waals surface area contributed by atoms with Gasteiger partial charge in [0.1, 0.15) is 0 Å². The SMILES string of the molecule is CC.Cc1cc(C)c(C(=O)[P](=O)C(=O)c2c(C)cc(C)cc2C)c(C)c1. The monoisotopic (exact) mass is 371 g/mol. The van der Waals surface area contributed by atoms with Crippen LogP contribution in [0.4, 0.5) is 0 Å². The van der Waals surface area contributed by atoms with Crippen molar-refractivity contribution in [3.8, 4) is 0 Å². The van der Waals surface area contributed by atoms with Crippen LogP contribution in [0.1, 0.15) is 67.9 Å². The van der Waals surface area contributed by atoms with Gasteiger partial charge in [0, 0.05) is 11.1 Å². The Labute approximate surface area is 157 Å². The highest BCUT2D eigenvalue weighted by Gasteiger charge is 2.29. The van der Waals surface area contributed by atoms with Crippen LogP contribution in [-0.4, -0.2) is 11.0 Å². The van der Waals surface area contributed by atoms with Gasteiger partial charge in [0.15, 0.2) is 0 Å². The molecule has 0 atom stereocenters. The van der Waals surface area contributed by atoms with Crippen molar-refractivity contribution in [2.45, 2.75) is 55.4 Å². The Morgan fingerprint density at radius 2 is 0.846 bits per heavy atom. The van der Waals surface area contributed by atoms with E-state index < -0.39 is 18.8 Å². The highest BCUT2D eigenvalue weighted by atomic mass is 31.1. The largest absolute Gasteiger partial charge is 0.281 e. The van der Waals surface area contributed by atoms with Gasteiger partial charge in [-0.2, -0.15) is 0 Å². The van der Waals surface area contributed by atoms with E-state index in [1.807, 2.05) is 79.7 Å². The minimum Gasteiger partial charge on any atom is -0.281 e. The highest BCUT2D eigenvalue weighted by molar-refractivity contribution is 7.80. The normalized spacial score (nSPS) is 10.0. The van der Waals surface area contributed by atoms with Crippen LogP contribution in [0, 0.1) is 41.5 Å². The maximum atomic E-state index is 12.7. The van der Waals surface area contributed by atoms with Gasteiger partial charge in [-0.25, -0.2) is 0 Å². The average molecular weight is 371 g/mol. The van der Waals surface area contributed by atoms with Crippen LogP contribution in [0.2, 0.25) is 0 Å². The summed E-state index contributed by atoms with van der Waals surface area (Å²) in [5, 5.41) is 0. The molecule has 4 heteroatoms. The van der Waals surface area contributed by atoms with Gasteiger partial charge in [0.05, 0.1) is 0 Å². The highest BCUT2D eigenvalue weighted by Crippen LogP contribution is 2.36. The molecule has 0 bridgehead atoms. The van der Waals surface area contributed by atoms with E-state index >= 15 is 0 Å². The Kier molecular flexibility index (Phi) is 7.59. The molecule has 0 aromatic heterocycles. The minimum absolute atomic E-state index is 0.400. The van der Waals surface area contributed by atoms with Crippen molar-refractivity contribution >= 4 is 18.8 Å². The van der Waals surface area contributed by atoms with Gasteiger partial charge in [-0.1, -0.05) is 49.2 Å². The van der Waals surface area contributed by atoms with Crippen molar-refractivity contribution in [3.05, 3.63) is 68.8 Å². The predicted octanol–water partition coefficient (Wildman–Crippen LogP) is 6.37. The van der Waals surface area contributed by atoms with Crippen LogP contribution < -0.4 is 0 Å². The third kappa shape index (κ3) is 4.53. The van der Waals surface area contributed by atoms with Gasteiger partial charge in [-0.15, -0.1) is 0 Å². The minimum atomic E-state index is -2.67. The first-order valence-corrected chi connectivity index (χ1v) is 10.1. The number of aryl methyl sites for hydroxylation is 6. The number of carbonyl (C=O) groups is 2. The molecule has 2 aromatic carbocycles. The molecule has 0 spiro atoms. The number of hydrogen-bond donors (Lipinski definition) is 0. The third-order valence-electron chi connectivity index (χ3n) is 4.15. The summed E-state index contributed by atoms with van der Waals surface area (Å²) in [6, 6.07) is 7.49. The quantitative estimate of drug-likeness (QED) is 0.587. The predicted molar refractivity (Wildman–Crippen MR) is 109 cm³/mol. The fourth-order valence-corrected chi connectivity index (χ4v) is 4.63. The molecule has 1 radical (unpaired) electrons. The second-order valence-electron chi connectivity index (χ2n) is 6.45. The Morgan fingerprint density at radius 3 is 1.08 bits per heavy atom. The zero-order valence-electron chi connectivity index (χ0n) is 17.0. The average Bonchev–Trinajstić information content (AvgIpc) is 2.53. The van der Waals surface area contributed by atoms with Crippen LogP contribution in [0.5, 0.6) is 0 Å². The fourth-order valence-electron chi connectivity index (χ4n) is 3.33. The summed E-state index contributed by atoms with van der Waals surface area (Å²) in [6.45, 7) is 15.1. The molecule has 2 aromatic rings. The number of rotatable bonds is 4. The maximum Gasteiger partial charge on any atom is 0.250 e. The first-order chi connectivity index (χ1) is 12.1. The molecular weight excluding hydrogens is 343 g/mol. The van der Waals surface area contributed by atoms with Crippen LogP contribution in [0.25, 0.3) is 0 Å². The van der Waals surface area contributed by atoms with E-state index in [0.29, 0.717) is 11.1 Å². The van der Waals surface area contributed by atoms with Gasteiger partial charge in [-0.3, -0.25) is 14.2 Å². The summed E-state index contributed by atoms with van der Waals surface area (Å²) in [7, 11) is -2.67. The summed E-state index contributed by atoms with van der Waals surface area (Å²) in [6.07, 6.45) is 0. The molecule has 3 nitrogen and oxygen atoms in total. The molecule has 0 fully saturated rings. The third-order valence-corrected chi connectivity index (χ3v) is 5.34. The summed E-state index contributed by atoms with van der Waals surface area (Å²) in [5.74, 6) is 0. The van der Waals surface area contributed by atoms with Crippen molar-refractivity contribution in [1.29, 1.82) is 0 Å². The smallest absolute Gasteiger partial charge is 0.250 e. The molecule has 0 heterocycles. The van der Waals surface area contributed by atoms with Crippen LogP contribution >= 0.6 is 7.80 Å². The van der Waals surface area contributed by atoms with E-state index in [9.17, 15) is 14.2 Å². The standard InChI is InChI=1S/C20H22O3P.C2H6/c1-11-7-13(3)17(14(4)8-11)19(21)24(23)20(22)18-15(5)9-12(2)10-16(18)6;1-2/h7-10H,1-6H3;1-2H3. The van der Waals surface area contributed by atoms with Crippen LogP contribution in [-0.2, 0) is 4.57 Å². The summed E-state index contributed by atoms with van der Waals surface area (Å²) >= 11 is 0. The molecule has 0 aliphatic carbocycles. The molecule has 0 amide bonds. The van der Waals surface area contributed by atoms with Gasteiger partial charge >= 0.3 is 0 Å². The van der Waals surface area contributed by atoms with E-state index in [4.69, 9.17) is 0 Å². The molecule has 0 aliphatic rings. The van der Waals surface area contributed by atoms with Crippen molar-refractivity contribution in [1.82, 2.24) is 0 Å². The molecule has 26 heavy (non-hydrogen) atoms. The molecule has 2 rings (SSSR count). The van der Waals surface area contributed by atoms with Crippen molar-refractivity contribution in [2.75, 3.05) is 0 Å². The van der Waals surface area contributed by atoms with E-state index in [1.54, 1.807) is 0 Å².